The van der Waals surface area contributed by atoms with Gasteiger partial charge in [-0.15, -0.1) is 23.5 Å². The maximum atomic E-state index is 6.01. The lowest BCUT2D eigenvalue weighted by Gasteiger charge is -2.15. The lowest BCUT2D eigenvalue weighted by molar-refractivity contribution is 0.284. The minimum atomic E-state index is 0.471. The fourth-order valence-electron chi connectivity index (χ4n) is 2.68. The lowest BCUT2D eigenvalue weighted by Crippen LogP contribution is -2.02. The van der Waals surface area contributed by atoms with Crippen LogP contribution in [0.25, 0.3) is 6.08 Å². The van der Waals surface area contributed by atoms with Crippen molar-refractivity contribution in [1.82, 2.24) is 0 Å². The van der Waals surface area contributed by atoms with Crippen molar-refractivity contribution in [2.24, 2.45) is 11.8 Å². The zero-order valence-corrected chi connectivity index (χ0v) is 20.8. The molecule has 4 heteroatoms. The molecule has 0 aliphatic heterocycles. The molecule has 0 amide bonds. The van der Waals surface area contributed by atoms with E-state index in [1.807, 2.05) is 29.6 Å². The zero-order valence-electron chi connectivity index (χ0n) is 19.2. The lowest BCUT2D eigenvalue weighted by atomic mass is 10.1. The molecule has 2 rings (SSSR count). The summed E-state index contributed by atoms with van der Waals surface area (Å²) in [6.07, 6.45) is 4.53. The van der Waals surface area contributed by atoms with E-state index in [1.165, 1.54) is 17.1 Å². The Kier molecular flexibility index (Phi) is 10.7. The van der Waals surface area contributed by atoms with Gasteiger partial charge in [0.15, 0.2) is 11.5 Å². The largest absolute Gasteiger partial charge is 0.493 e. The van der Waals surface area contributed by atoms with Crippen LogP contribution in [0.15, 0.2) is 48.5 Å². The summed E-state index contributed by atoms with van der Waals surface area (Å²) in [5.74, 6) is 5.30. The number of ether oxygens (including phenoxy) is 2. The van der Waals surface area contributed by atoms with E-state index >= 15 is 0 Å². The fourth-order valence-corrected chi connectivity index (χ4v) is 5.06. The molecule has 0 aliphatic carbocycles. The molecule has 0 heterocycles. The SMILES string of the molecule is COc1cc(/C=C/C(SCC(C)C)SCC(C)C)ccc1OCc1ccc(C)cc1. The molecule has 2 aromatic carbocycles. The van der Waals surface area contributed by atoms with Crippen molar-refractivity contribution in [2.45, 2.75) is 45.8 Å². The predicted molar refractivity (Wildman–Crippen MR) is 136 cm³/mol. The second kappa shape index (κ2) is 13.0. The average molecular weight is 445 g/mol. The van der Waals surface area contributed by atoms with Crippen molar-refractivity contribution in [2.75, 3.05) is 18.6 Å². The summed E-state index contributed by atoms with van der Waals surface area (Å²) in [7, 11) is 1.70. The zero-order chi connectivity index (χ0) is 21.9. The highest BCUT2D eigenvalue weighted by atomic mass is 32.2. The van der Waals surface area contributed by atoms with Gasteiger partial charge in [-0.25, -0.2) is 0 Å². The molecule has 0 aliphatic rings. The highest BCUT2D eigenvalue weighted by Crippen LogP contribution is 2.32. The van der Waals surface area contributed by atoms with Crippen LogP contribution in [-0.4, -0.2) is 23.2 Å². The number of thioether (sulfide) groups is 2. The van der Waals surface area contributed by atoms with Gasteiger partial charge < -0.3 is 9.47 Å². The summed E-state index contributed by atoms with van der Waals surface area (Å²) < 4.78 is 12.1. The van der Waals surface area contributed by atoms with Crippen molar-refractivity contribution in [1.29, 1.82) is 0 Å². The van der Waals surface area contributed by atoms with Crippen LogP contribution in [0.3, 0.4) is 0 Å². The average Bonchev–Trinajstić information content (AvgIpc) is 2.72. The Balaban J connectivity index is 2.04. The Labute approximate surface area is 191 Å². The van der Waals surface area contributed by atoms with E-state index in [0.29, 0.717) is 23.0 Å². The Hall–Kier alpha value is -1.52. The van der Waals surface area contributed by atoms with Gasteiger partial charge in [0, 0.05) is 0 Å². The van der Waals surface area contributed by atoms with E-state index in [2.05, 4.69) is 83.2 Å². The Morgan fingerprint density at radius 1 is 0.867 bits per heavy atom. The minimum Gasteiger partial charge on any atom is -0.493 e. The predicted octanol–water partition coefficient (Wildman–Crippen LogP) is 7.70. The highest BCUT2D eigenvalue weighted by Gasteiger charge is 2.10. The first-order valence-corrected chi connectivity index (χ1v) is 12.7. The highest BCUT2D eigenvalue weighted by molar-refractivity contribution is 8.17. The maximum Gasteiger partial charge on any atom is 0.161 e. The van der Waals surface area contributed by atoms with Crippen LogP contribution in [0.4, 0.5) is 0 Å². The van der Waals surface area contributed by atoms with Crippen molar-refractivity contribution < 1.29 is 9.47 Å². The summed E-state index contributed by atoms with van der Waals surface area (Å²) in [6, 6.07) is 14.6. The second-order valence-corrected chi connectivity index (χ2v) is 11.0. The molecule has 2 nitrogen and oxygen atoms in total. The minimum absolute atomic E-state index is 0.471. The smallest absolute Gasteiger partial charge is 0.161 e. The molecule has 0 saturated heterocycles. The molecule has 0 N–H and O–H groups in total. The van der Waals surface area contributed by atoms with Crippen LogP contribution in [0.1, 0.15) is 44.4 Å². The van der Waals surface area contributed by atoms with E-state index in [1.54, 1.807) is 7.11 Å². The van der Waals surface area contributed by atoms with Crippen LogP contribution in [-0.2, 0) is 6.61 Å². The van der Waals surface area contributed by atoms with Crippen molar-refractivity contribution in [3.8, 4) is 11.5 Å². The van der Waals surface area contributed by atoms with E-state index in [0.717, 1.165) is 22.6 Å². The first-order chi connectivity index (χ1) is 14.4. The van der Waals surface area contributed by atoms with Crippen LogP contribution >= 0.6 is 23.5 Å². The molecule has 0 saturated carbocycles. The third kappa shape index (κ3) is 9.09. The number of hydrogen-bond acceptors (Lipinski definition) is 4. The molecule has 0 bridgehead atoms. The van der Waals surface area contributed by atoms with Gasteiger partial charge in [0.25, 0.3) is 0 Å². The number of hydrogen-bond donors (Lipinski definition) is 0. The van der Waals surface area contributed by atoms with Crippen LogP contribution in [0.2, 0.25) is 0 Å². The number of methoxy groups -OCH3 is 1. The van der Waals surface area contributed by atoms with Crippen LogP contribution in [0.5, 0.6) is 11.5 Å². The molecule has 164 valence electrons. The molecule has 0 fully saturated rings. The van der Waals surface area contributed by atoms with Gasteiger partial charge in [0.05, 0.1) is 11.7 Å². The molecular formula is C26H36O2S2. The van der Waals surface area contributed by atoms with Crippen LogP contribution in [0, 0.1) is 18.8 Å². The van der Waals surface area contributed by atoms with Gasteiger partial charge in [-0.1, -0.05) is 75.7 Å². The summed E-state index contributed by atoms with van der Waals surface area (Å²) in [5.41, 5.74) is 3.54. The molecule has 30 heavy (non-hydrogen) atoms. The molecule has 2 aromatic rings. The van der Waals surface area contributed by atoms with Crippen molar-refractivity contribution in [3.63, 3.8) is 0 Å². The van der Waals surface area contributed by atoms with Gasteiger partial charge in [0.1, 0.15) is 6.61 Å². The topological polar surface area (TPSA) is 18.5 Å². The van der Waals surface area contributed by atoms with Crippen molar-refractivity contribution >= 4 is 29.6 Å². The van der Waals surface area contributed by atoms with E-state index < -0.39 is 0 Å². The van der Waals surface area contributed by atoms with Crippen LogP contribution < -0.4 is 9.47 Å². The van der Waals surface area contributed by atoms with Gasteiger partial charge >= 0.3 is 0 Å². The molecule has 0 aromatic heterocycles. The summed E-state index contributed by atoms with van der Waals surface area (Å²) in [6.45, 7) is 11.7. The summed E-state index contributed by atoms with van der Waals surface area (Å²) in [4.78, 5) is 0. The molecule has 0 radical (unpaired) electrons. The van der Waals surface area contributed by atoms with Gasteiger partial charge in [0.2, 0.25) is 0 Å². The van der Waals surface area contributed by atoms with Gasteiger partial charge in [-0.05, 0) is 53.5 Å². The summed E-state index contributed by atoms with van der Waals surface area (Å²) >= 11 is 4.06. The standard InChI is InChI=1S/C26H36O2S2/c1-19(2)17-29-26(30-18-20(3)4)14-12-22-11-13-24(25(15-22)27-6)28-16-23-9-7-21(5)8-10-23/h7-15,19-20,26H,16-18H2,1-6H3/b14-12+. The number of benzene rings is 2. The number of aryl methyl sites for hydroxylation is 1. The van der Waals surface area contributed by atoms with E-state index in [-0.39, 0.29) is 0 Å². The van der Waals surface area contributed by atoms with E-state index in [4.69, 9.17) is 9.47 Å². The van der Waals surface area contributed by atoms with Crippen molar-refractivity contribution in [3.05, 3.63) is 65.2 Å². The maximum absolute atomic E-state index is 6.01. The summed E-state index contributed by atoms with van der Waals surface area (Å²) in [5, 5.41) is 0. The third-order valence-corrected chi connectivity index (χ3v) is 7.84. The molecular weight excluding hydrogens is 408 g/mol. The Bertz CT molecular complexity index is 770. The second-order valence-electron chi connectivity index (χ2n) is 8.37. The normalized spacial score (nSPS) is 11.8. The third-order valence-electron chi connectivity index (χ3n) is 4.34. The first kappa shape index (κ1) is 24.7. The Morgan fingerprint density at radius 3 is 2.07 bits per heavy atom. The molecule has 0 spiro atoms. The first-order valence-electron chi connectivity index (χ1n) is 10.6. The van der Waals surface area contributed by atoms with E-state index in [9.17, 15) is 0 Å². The molecule has 0 atom stereocenters. The monoisotopic (exact) mass is 444 g/mol. The number of rotatable bonds is 12. The quantitative estimate of drug-likeness (QED) is 0.312. The van der Waals surface area contributed by atoms with Gasteiger partial charge in [-0.2, -0.15) is 0 Å². The fraction of sp³-hybridized carbons (Fsp3) is 0.462. The molecule has 0 unspecified atom stereocenters. The van der Waals surface area contributed by atoms with Gasteiger partial charge in [-0.3, -0.25) is 0 Å². The Morgan fingerprint density at radius 2 is 1.50 bits per heavy atom.